The van der Waals surface area contributed by atoms with Crippen molar-refractivity contribution in [3.63, 3.8) is 0 Å². The first-order chi connectivity index (χ1) is 10.1. The second-order valence-corrected chi connectivity index (χ2v) is 5.79. The van der Waals surface area contributed by atoms with Gasteiger partial charge in [-0.2, -0.15) is 5.10 Å². The molecule has 0 saturated carbocycles. The fraction of sp³-hybridized carbons (Fsp3) is 0.562. The van der Waals surface area contributed by atoms with E-state index in [2.05, 4.69) is 37.0 Å². The molecule has 0 aliphatic carbocycles. The van der Waals surface area contributed by atoms with E-state index in [1.807, 2.05) is 23.0 Å². The number of aromatic nitrogens is 2. The molecule has 1 N–H and O–H groups in total. The number of aliphatic hydroxyl groups is 1. The molecule has 21 heavy (non-hydrogen) atoms. The molecule has 0 aliphatic rings. The van der Waals surface area contributed by atoms with Crippen molar-refractivity contribution < 1.29 is 9.52 Å². The molecule has 2 heterocycles. The van der Waals surface area contributed by atoms with Crippen molar-refractivity contribution in [3.05, 3.63) is 41.6 Å². The van der Waals surface area contributed by atoms with E-state index in [0.29, 0.717) is 11.7 Å². The summed E-state index contributed by atoms with van der Waals surface area (Å²) in [5, 5.41) is 13.4. The monoisotopic (exact) mass is 291 g/mol. The third kappa shape index (κ3) is 4.72. The van der Waals surface area contributed by atoms with Gasteiger partial charge >= 0.3 is 0 Å². The Bertz CT molecular complexity index is 501. The summed E-state index contributed by atoms with van der Waals surface area (Å²) in [6, 6.07) is 3.77. The van der Waals surface area contributed by atoms with Crippen LogP contribution in [-0.2, 0) is 26.2 Å². The van der Waals surface area contributed by atoms with Crippen LogP contribution in [0.3, 0.4) is 0 Å². The molecule has 0 aromatic carbocycles. The van der Waals surface area contributed by atoms with Crippen LogP contribution in [0.2, 0.25) is 0 Å². The third-order valence-corrected chi connectivity index (χ3v) is 3.29. The van der Waals surface area contributed by atoms with E-state index in [4.69, 9.17) is 9.52 Å². The highest BCUT2D eigenvalue weighted by molar-refractivity contribution is 5.08. The van der Waals surface area contributed by atoms with Crippen LogP contribution in [0.15, 0.2) is 28.9 Å². The summed E-state index contributed by atoms with van der Waals surface area (Å²) in [4.78, 5) is 2.35. The molecule has 0 saturated heterocycles. The average molecular weight is 291 g/mol. The zero-order chi connectivity index (χ0) is 15.2. The van der Waals surface area contributed by atoms with E-state index in [1.165, 1.54) is 5.56 Å². The summed E-state index contributed by atoms with van der Waals surface area (Å²) in [5.41, 5.74) is 1.21. The Morgan fingerprint density at radius 2 is 2.05 bits per heavy atom. The van der Waals surface area contributed by atoms with Gasteiger partial charge in [-0.1, -0.05) is 13.8 Å². The highest BCUT2D eigenvalue weighted by Crippen LogP contribution is 2.14. The zero-order valence-electron chi connectivity index (χ0n) is 13.1. The molecule has 5 heteroatoms. The maximum atomic E-state index is 9.08. The van der Waals surface area contributed by atoms with Crippen molar-refractivity contribution in [1.29, 1.82) is 0 Å². The van der Waals surface area contributed by atoms with E-state index >= 15 is 0 Å². The van der Waals surface area contributed by atoms with Crippen LogP contribution in [0.4, 0.5) is 0 Å². The summed E-state index contributed by atoms with van der Waals surface area (Å²) >= 11 is 0. The first kappa shape index (κ1) is 15.8. The number of aryl methyl sites for hydroxylation is 1. The van der Waals surface area contributed by atoms with Crippen molar-refractivity contribution in [2.75, 3.05) is 6.54 Å². The van der Waals surface area contributed by atoms with Crippen molar-refractivity contribution in [3.8, 4) is 0 Å². The Labute approximate surface area is 126 Å². The minimum atomic E-state index is -0.0482. The summed E-state index contributed by atoms with van der Waals surface area (Å²) in [5.74, 6) is 2.09. The van der Waals surface area contributed by atoms with Crippen molar-refractivity contribution in [1.82, 2.24) is 14.7 Å². The first-order valence-corrected chi connectivity index (χ1v) is 7.52. The van der Waals surface area contributed by atoms with Gasteiger partial charge in [0.2, 0.25) is 0 Å². The number of nitrogens with zero attached hydrogens (tertiary/aromatic N) is 3. The maximum absolute atomic E-state index is 9.08. The lowest BCUT2D eigenvalue weighted by Gasteiger charge is -2.22. The smallest absolute Gasteiger partial charge is 0.129 e. The van der Waals surface area contributed by atoms with Gasteiger partial charge in [0.1, 0.15) is 18.1 Å². The number of hydrogen-bond acceptors (Lipinski definition) is 4. The Kier molecular flexibility index (Phi) is 5.59. The Morgan fingerprint density at radius 3 is 2.62 bits per heavy atom. The van der Waals surface area contributed by atoms with Crippen LogP contribution in [0.25, 0.3) is 0 Å². The molecule has 5 nitrogen and oxygen atoms in total. The van der Waals surface area contributed by atoms with Crippen molar-refractivity contribution in [2.24, 2.45) is 5.92 Å². The molecular formula is C16H25N3O2. The fourth-order valence-electron chi connectivity index (χ4n) is 2.43. The van der Waals surface area contributed by atoms with Gasteiger partial charge in [-0.15, -0.1) is 0 Å². The van der Waals surface area contributed by atoms with Gasteiger partial charge < -0.3 is 9.52 Å². The maximum Gasteiger partial charge on any atom is 0.129 e. The molecule has 0 atom stereocenters. The minimum absolute atomic E-state index is 0.0482. The Morgan fingerprint density at radius 1 is 1.29 bits per heavy atom. The van der Waals surface area contributed by atoms with Gasteiger partial charge in [-0.25, -0.2) is 0 Å². The number of aliphatic hydroxyl groups excluding tert-OH is 1. The highest BCUT2D eigenvalue weighted by Gasteiger charge is 2.12. The SMILES string of the molecule is CCn1cc(CN(Cc2ccc(CO)o2)CC(C)C)cn1. The third-order valence-electron chi connectivity index (χ3n) is 3.29. The lowest BCUT2D eigenvalue weighted by atomic mass is 10.2. The second-order valence-electron chi connectivity index (χ2n) is 5.79. The van der Waals surface area contributed by atoms with Crippen LogP contribution < -0.4 is 0 Å². The Hall–Kier alpha value is -1.59. The van der Waals surface area contributed by atoms with Gasteiger partial charge in [0, 0.05) is 31.4 Å². The summed E-state index contributed by atoms with van der Waals surface area (Å²) in [6.07, 6.45) is 4.02. The van der Waals surface area contributed by atoms with Gasteiger partial charge in [0.15, 0.2) is 0 Å². The minimum Gasteiger partial charge on any atom is -0.462 e. The topological polar surface area (TPSA) is 54.4 Å². The molecule has 0 unspecified atom stereocenters. The molecule has 116 valence electrons. The molecule has 2 rings (SSSR count). The van der Waals surface area contributed by atoms with Crippen LogP contribution in [0.1, 0.15) is 37.9 Å². The van der Waals surface area contributed by atoms with Crippen molar-refractivity contribution >= 4 is 0 Å². The van der Waals surface area contributed by atoms with E-state index in [-0.39, 0.29) is 6.61 Å². The molecule has 2 aromatic heterocycles. The van der Waals surface area contributed by atoms with E-state index < -0.39 is 0 Å². The van der Waals surface area contributed by atoms with Crippen LogP contribution in [0.5, 0.6) is 0 Å². The molecule has 0 bridgehead atoms. The lowest BCUT2D eigenvalue weighted by molar-refractivity contribution is 0.198. The second kappa shape index (κ2) is 7.43. The van der Waals surface area contributed by atoms with Crippen LogP contribution in [0, 0.1) is 5.92 Å². The van der Waals surface area contributed by atoms with Crippen molar-refractivity contribution in [2.45, 2.75) is 47.0 Å². The Balaban J connectivity index is 2.02. The fourth-order valence-corrected chi connectivity index (χ4v) is 2.43. The molecule has 0 fully saturated rings. The van der Waals surface area contributed by atoms with Crippen LogP contribution in [-0.4, -0.2) is 26.3 Å². The van der Waals surface area contributed by atoms with E-state index in [1.54, 1.807) is 0 Å². The van der Waals surface area contributed by atoms with Gasteiger partial charge in [0.05, 0.1) is 12.7 Å². The lowest BCUT2D eigenvalue weighted by Crippen LogP contribution is -2.26. The van der Waals surface area contributed by atoms with E-state index in [9.17, 15) is 0 Å². The van der Waals surface area contributed by atoms with Gasteiger partial charge in [-0.05, 0) is 25.0 Å². The predicted octanol–water partition coefficient (Wildman–Crippen LogP) is 2.65. The average Bonchev–Trinajstić information content (AvgIpc) is 3.07. The molecule has 2 aromatic rings. The number of furan rings is 1. The van der Waals surface area contributed by atoms with Gasteiger partial charge in [0.25, 0.3) is 0 Å². The molecule has 0 radical (unpaired) electrons. The number of rotatable bonds is 8. The molecular weight excluding hydrogens is 266 g/mol. The predicted molar refractivity (Wildman–Crippen MR) is 81.5 cm³/mol. The quantitative estimate of drug-likeness (QED) is 0.812. The first-order valence-electron chi connectivity index (χ1n) is 7.52. The summed E-state index contributed by atoms with van der Waals surface area (Å²) in [6.45, 7) is 9.94. The van der Waals surface area contributed by atoms with Gasteiger partial charge in [-0.3, -0.25) is 9.58 Å². The zero-order valence-corrected chi connectivity index (χ0v) is 13.1. The number of hydrogen-bond donors (Lipinski definition) is 1. The molecule has 0 spiro atoms. The molecule has 0 amide bonds. The normalized spacial score (nSPS) is 11.7. The largest absolute Gasteiger partial charge is 0.462 e. The van der Waals surface area contributed by atoms with Crippen LogP contribution >= 0.6 is 0 Å². The summed E-state index contributed by atoms with van der Waals surface area (Å²) < 4.78 is 7.54. The van der Waals surface area contributed by atoms with E-state index in [0.717, 1.165) is 31.9 Å². The highest BCUT2D eigenvalue weighted by atomic mass is 16.4. The standard InChI is InChI=1S/C16H25N3O2/c1-4-19-10-14(7-17-19)9-18(8-13(2)3)11-15-5-6-16(12-20)21-15/h5-7,10,13,20H,4,8-9,11-12H2,1-3H3. The molecule has 0 aliphatic heterocycles. The summed E-state index contributed by atoms with van der Waals surface area (Å²) in [7, 11) is 0.